The number of thiophene rings is 6. The second-order valence-corrected chi connectivity index (χ2v) is 25.6. The second-order valence-electron chi connectivity index (χ2n) is 16.0. The molecule has 0 saturated carbocycles. The van der Waals surface area contributed by atoms with Crippen LogP contribution in [0.5, 0.6) is 0 Å². The first kappa shape index (κ1) is 49.6. The summed E-state index contributed by atoms with van der Waals surface area (Å²) in [4.78, 5) is 16.7. The van der Waals surface area contributed by atoms with Gasteiger partial charge in [-0.3, -0.25) is 10.0 Å². The van der Waals surface area contributed by atoms with E-state index in [1.165, 1.54) is 39.0 Å². The lowest BCUT2D eigenvalue weighted by Gasteiger charge is -2.22. The van der Waals surface area contributed by atoms with Crippen LogP contribution in [0.15, 0.2) is 223 Å². The molecule has 0 aliphatic heterocycles. The van der Waals surface area contributed by atoms with Crippen LogP contribution in [-0.2, 0) is 0 Å². The number of aliphatic hydroxyl groups excluding tert-OH is 2. The third-order valence-electron chi connectivity index (χ3n) is 10.8. The molecule has 0 aliphatic rings. The van der Waals surface area contributed by atoms with Gasteiger partial charge in [0.1, 0.15) is 0 Å². The first-order valence-electron chi connectivity index (χ1n) is 22.6. The Morgan fingerprint density at radius 3 is 1.15 bits per heavy atom. The summed E-state index contributed by atoms with van der Waals surface area (Å²) in [6.45, 7) is 0.738. The zero-order valence-electron chi connectivity index (χ0n) is 38.0. The Morgan fingerprint density at radius 2 is 0.761 bits per heavy atom. The van der Waals surface area contributed by atoms with Gasteiger partial charge in [-0.2, -0.15) is 10.2 Å². The van der Waals surface area contributed by atoms with E-state index in [-0.39, 0.29) is 0 Å². The predicted molar refractivity (Wildman–Crippen MR) is 315 cm³/mol. The van der Waals surface area contributed by atoms with Crippen LogP contribution in [0.1, 0.15) is 9.75 Å². The summed E-state index contributed by atoms with van der Waals surface area (Å²) in [5.41, 5.74) is 1.87. The Labute approximate surface area is 451 Å². The van der Waals surface area contributed by atoms with Gasteiger partial charge in [-0.15, -0.1) is 91.5 Å². The maximum absolute atomic E-state index is 11.3. The molecule has 10 aromatic rings. The quantitative estimate of drug-likeness (QED) is 0.0398. The van der Waals surface area contributed by atoms with Crippen molar-refractivity contribution >= 4 is 127 Å². The number of nitrogens with zero attached hydrogens (tertiary/aromatic N) is 4. The van der Waals surface area contributed by atoms with Gasteiger partial charge in [0.05, 0.1) is 49.1 Å². The summed E-state index contributed by atoms with van der Waals surface area (Å²) < 4.78 is 0. The fraction of sp³-hybridized carbons (Fsp3) is 0.107. The van der Waals surface area contributed by atoms with Gasteiger partial charge in [-0.25, -0.2) is 0 Å². The topological polar surface area (TPSA) is 71.7 Å². The van der Waals surface area contributed by atoms with Crippen LogP contribution in [0.4, 0.5) is 11.4 Å². The molecular weight excluding hydrogens is 1050 g/mol. The Bertz CT molecular complexity index is 3020. The standard InChI is InChI=1S/C56H46N4O2S9/c61-41(35-59(39-9-3-1-4-10-39)57-33-47-23-25-53(68-47)55-29-27-51(70-55)49-13-7-31-63-49)37-65-43-15-19-45(20-16-43)67-46-21-17-44(18-22-46)66-38-42(62)36-60(40-11-5-2-6-12-40)58-34-48-24-26-54(69-48)56-30-28-52(71-56)50-14-8-32-64-50/h1-34,41-42,61-62H,35-38H2. The highest BCUT2D eigenvalue weighted by atomic mass is 32.2. The van der Waals surface area contributed by atoms with E-state index in [0.29, 0.717) is 24.6 Å². The predicted octanol–water partition coefficient (Wildman–Crippen LogP) is 16.9. The van der Waals surface area contributed by atoms with Crippen molar-refractivity contribution in [2.24, 2.45) is 10.2 Å². The summed E-state index contributed by atoms with van der Waals surface area (Å²) >= 11 is 15.6. The van der Waals surface area contributed by atoms with E-state index in [1.54, 1.807) is 80.6 Å². The molecule has 0 saturated heterocycles. The third-order valence-corrected chi connectivity index (χ3v) is 20.8. The molecule has 6 heterocycles. The molecule has 0 aliphatic carbocycles. The molecule has 10 rings (SSSR count). The van der Waals surface area contributed by atoms with E-state index in [2.05, 4.69) is 132 Å². The van der Waals surface area contributed by atoms with E-state index in [1.807, 2.05) is 106 Å². The van der Waals surface area contributed by atoms with Crippen LogP contribution >= 0.6 is 103 Å². The van der Waals surface area contributed by atoms with Crippen molar-refractivity contribution in [1.82, 2.24) is 0 Å². The van der Waals surface area contributed by atoms with Gasteiger partial charge >= 0.3 is 0 Å². The normalized spacial score (nSPS) is 12.5. The minimum absolute atomic E-state index is 0.369. The van der Waals surface area contributed by atoms with Gasteiger partial charge < -0.3 is 10.2 Å². The van der Waals surface area contributed by atoms with Crippen molar-refractivity contribution < 1.29 is 10.2 Å². The number of hydrogen-bond acceptors (Lipinski definition) is 15. The number of hydrazone groups is 2. The van der Waals surface area contributed by atoms with E-state index in [0.717, 1.165) is 40.7 Å². The Hall–Kier alpha value is -5.01. The van der Waals surface area contributed by atoms with E-state index >= 15 is 0 Å². The van der Waals surface area contributed by atoms with Crippen molar-refractivity contribution in [3.8, 4) is 39.0 Å². The molecule has 356 valence electrons. The maximum atomic E-state index is 11.3. The highest BCUT2D eigenvalue weighted by Gasteiger charge is 2.16. The molecular formula is C56H46N4O2S9. The number of rotatable bonds is 22. The highest BCUT2D eigenvalue weighted by Crippen LogP contribution is 2.41. The number of aliphatic hydroxyl groups is 2. The van der Waals surface area contributed by atoms with Crippen LogP contribution in [0, 0.1) is 0 Å². The fourth-order valence-corrected chi connectivity index (χ4v) is 15.3. The molecule has 0 fully saturated rings. The molecule has 2 atom stereocenters. The maximum Gasteiger partial charge on any atom is 0.0830 e. The summed E-state index contributed by atoms with van der Waals surface area (Å²) in [5, 5.41) is 40.3. The van der Waals surface area contributed by atoms with Crippen molar-refractivity contribution in [1.29, 1.82) is 0 Å². The smallest absolute Gasteiger partial charge is 0.0830 e. The largest absolute Gasteiger partial charge is 0.390 e. The average molecular weight is 1100 g/mol. The van der Waals surface area contributed by atoms with Crippen molar-refractivity contribution in [3.05, 3.63) is 203 Å². The molecule has 0 amide bonds. The number of thioether (sulfide) groups is 2. The van der Waals surface area contributed by atoms with Crippen LogP contribution in [0.3, 0.4) is 0 Å². The lowest BCUT2D eigenvalue weighted by Crippen LogP contribution is -2.30. The van der Waals surface area contributed by atoms with Gasteiger partial charge in [0.25, 0.3) is 0 Å². The second kappa shape index (κ2) is 24.6. The van der Waals surface area contributed by atoms with Crippen molar-refractivity contribution in [3.63, 3.8) is 0 Å². The van der Waals surface area contributed by atoms with Gasteiger partial charge in [0.15, 0.2) is 0 Å². The lowest BCUT2D eigenvalue weighted by molar-refractivity contribution is 0.204. The highest BCUT2D eigenvalue weighted by molar-refractivity contribution is 8.00. The van der Waals surface area contributed by atoms with Gasteiger partial charge in [-0.1, -0.05) is 60.3 Å². The molecule has 6 aromatic heterocycles. The molecule has 2 unspecified atom stereocenters. The summed E-state index contributed by atoms with van der Waals surface area (Å²) in [7, 11) is 0. The number of para-hydroxylation sites is 2. The number of hydrogen-bond donors (Lipinski definition) is 2. The van der Waals surface area contributed by atoms with Crippen LogP contribution in [0.2, 0.25) is 0 Å². The van der Waals surface area contributed by atoms with E-state index in [9.17, 15) is 10.2 Å². The molecule has 6 nitrogen and oxygen atoms in total. The number of benzene rings is 4. The Morgan fingerprint density at radius 1 is 0.394 bits per heavy atom. The fourth-order valence-electron chi connectivity index (χ4n) is 7.28. The van der Waals surface area contributed by atoms with Gasteiger partial charge in [0.2, 0.25) is 0 Å². The molecule has 15 heteroatoms. The molecule has 4 aromatic carbocycles. The summed E-state index contributed by atoms with van der Waals surface area (Å²) in [5.74, 6) is 1.07. The van der Waals surface area contributed by atoms with Crippen LogP contribution < -0.4 is 10.0 Å². The van der Waals surface area contributed by atoms with Crippen molar-refractivity contribution in [2.45, 2.75) is 31.8 Å². The SMILES string of the molecule is OC(CSc1ccc(Sc2ccc(SCC(O)CN(N=Cc3ccc(-c4ccc(-c5cccs5)s4)s3)c3ccccc3)cc2)cc1)CN(N=Cc1ccc(-c2ccc(-c3cccs3)s2)s1)c1ccccc1. The Balaban J connectivity index is 0.685. The molecule has 0 bridgehead atoms. The van der Waals surface area contributed by atoms with Crippen molar-refractivity contribution in [2.75, 3.05) is 34.6 Å². The van der Waals surface area contributed by atoms with Crippen LogP contribution in [-0.4, -0.2) is 59.4 Å². The molecule has 0 spiro atoms. The first-order chi connectivity index (χ1) is 34.9. The van der Waals surface area contributed by atoms with Crippen LogP contribution in [0.25, 0.3) is 39.0 Å². The lowest BCUT2D eigenvalue weighted by atomic mass is 10.3. The van der Waals surface area contributed by atoms with E-state index in [4.69, 9.17) is 10.2 Å². The van der Waals surface area contributed by atoms with Gasteiger partial charge in [-0.05, 0) is 144 Å². The molecule has 2 N–H and O–H groups in total. The zero-order valence-corrected chi connectivity index (χ0v) is 45.3. The third kappa shape index (κ3) is 13.7. The van der Waals surface area contributed by atoms with E-state index < -0.39 is 12.2 Å². The zero-order chi connectivity index (χ0) is 48.2. The molecule has 0 radical (unpaired) electrons. The minimum Gasteiger partial charge on any atom is -0.390 e. The minimum atomic E-state index is -0.602. The Kier molecular flexibility index (Phi) is 17.2. The summed E-state index contributed by atoms with van der Waals surface area (Å²) in [6.07, 6.45) is 2.59. The average Bonchev–Trinajstić information content (AvgIpc) is 4.26. The van der Waals surface area contributed by atoms with Gasteiger partial charge in [0, 0.05) is 79.9 Å². The monoisotopic (exact) mass is 1090 g/mol. The molecule has 71 heavy (non-hydrogen) atoms. The summed E-state index contributed by atoms with van der Waals surface area (Å²) in [6, 6.07) is 63.0. The first-order valence-corrected chi connectivity index (χ1v) is 30.5. The number of anilines is 2.